The Hall–Kier alpha value is -1.42. The fourth-order valence-corrected chi connectivity index (χ4v) is 4.04. The maximum atomic E-state index is 5.79. The number of benzene rings is 1. The third kappa shape index (κ3) is 2.69. The van der Waals surface area contributed by atoms with Crippen LogP contribution in [-0.2, 0) is 11.3 Å². The van der Waals surface area contributed by atoms with Crippen molar-refractivity contribution in [3.05, 3.63) is 64.4 Å². The SMILES string of the molecule is C1=C(c2ccsc2)CC2COCC1N2Cc1ccccc1. The highest BCUT2D eigenvalue weighted by Crippen LogP contribution is 2.34. The van der Waals surface area contributed by atoms with Crippen LogP contribution in [0.15, 0.2) is 53.2 Å². The van der Waals surface area contributed by atoms with Gasteiger partial charge in [-0.2, -0.15) is 11.3 Å². The summed E-state index contributed by atoms with van der Waals surface area (Å²) >= 11 is 1.78. The molecule has 0 spiro atoms. The molecule has 2 aliphatic heterocycles. The van der Waals surface area contributed by atoms with Crippen LogP contribution in [0.3, 0.4) is 0 Å². The minimum absolute atomic E-state index is 0.410. The third-order valence-electron chi connectivity index (χ3n) is 4.44. The zero-order chi connectivity index (χ0) is 14.1. The largest absolute Gasteiger partial charge is 0.378 e. The van der Waals surface area contributed by atoms with E-state index in [9.17, 15) is 0 Å². The Balaban J connectivity index is 1.59. The van der Waals surface area contributed by atoms with Crippen LogP contribution in [0.5, 0.6) is 0 Å². The maximum absolute atomic E-state index is 5.79. The zero-order valence-electron chi connectivity index (χ0n) is 11.9. The number of rotatable bonds is 3. The first-order valence-corrected chi connectivity index (χ1v) is 8.45. The minimum atomic E-state index is 0.410. The fraction of sp³-hybridized carbons (Fsp3) is 0.333. The summed E-state index contributed by atoms with van der Waals surface area (Å²) in [7, 11) is 0. The van der Waals surface area contributed by atoms with E-state index in [-0.39, 0.29) is 0 Å². The maximum Gasteiger partial charge on any atom is 0.0658 e. The molecule has 4 rings (SSSR count). The van der Waals surface area contributed by atoms with E-state index < -0.39 is 0 Å². The Morgan fingerprint density at radius 1 is 1.14 bits per heavy atom. The number of hydrogen-bond acceptors (Lipinski definition) is 3. The fourth-order valence-electron chi connectivity index (χ4n) is 3.36. The first kappa shape index (κ1) is 13.3. The molecule has 2 aliphatic rings. The van der Waals surface area contributed by atoms with Gasteiger partial charge in [-0.05, 0) is 39.9 Å². The van der Waals surface area contributed by atoms with Crippen molar-refractivity contribution in [3.63, 3.8) is 0 Å². The van der Waals surface area contributed by atoms with Gasteiger partial charge in [-0.3, -0.25) is 4.90 Å². The molecule has 3 heteroatoms. The smallest absolute Gasteiger partial charge is 0.0658 e. The Kier molecular flexibility index (Phi) is 3.63. The summed E-state index contributed by atoms with van der Waals surface area (Å²) in [6.07, 6.45) is 3.51. The summed E-state index contributed by atoms with van der Waals surface area (Å²) in [6, 6.07) is 13.9. The van der Waals surface area contributed by atoms with Crippen LogP contribution in [0.4, 0.5) is 0 Å². The molecule has 0 N–H and O–H groups in total. The lowest BCUT2D eigenvalue weighted by atomic mass is 9.90. The summed E-state index contributed by atoms with van der Waals surface area (Å²) in [4.78, 5) is 2.61. The third-order valence-corrected chi connectivity index (χ3v) is 5.13. The first-order chi connectivity index (χ1) is 10.4. The molecular weight excluding hydrogens is 278 g/mol. The lowest BCUT2D eigenvalue weighted by molar-refractivity contribution is -0.0402. The zero-order valence-corrected chi connectivity index (χ0v) is 12.8. The average molecular weight is 297 g/mol. The van der Waals surface area contributed by atoms with E-state index in [2.05, 4.69) is 58.1 Å². The Bertz CT molecular complexity index is 620. The molecule has 108 valence electrons. The Labute approximate surface area is 129 Å². The van der Waals surface area contributed by atoms with Crippen molar-refractivity contribution in [1.29, 1.82) is 0 Å². The molecule has 0 amide bonds. The monoisotopic (exact) mass is 297 g/mol. The normalized spacial score (nSPS) is 25.6. The van der Waals surface area contributed by atoms with Gasteiger partial charge >= 0.3 is 0 Å². The molecule has 0 radical (unpaired) electrons. The van der Waals surface area contributed by atoms with E-state index in [1.54, 1.807) is 11.3 Å². The van der Waals surface area contributed by atoms with Gasteiger partial charge in [0.2, 0.25) is 0 Å². The van der Waals surface area contributed by atoms with Crippen LogP contribution in [0.1, 0.15) is 17.5 Å². The van der Waals surface area contributed by atoms with Crippen molar-refractivity contribution in [3.8, 4) is 0 Å². The van der Waals surface area contributed by atoms with Crippen molar-refractivity contribution in [1.82, 2.24) is 4.90 Å². The molecule has 0 aliphatic carbocycles. The number of fused-ring (bicyclic) bond motifs is 2. The van der Waals surface area contributed by atoms with Crippen LogP contribution < -0.4 is 0 Å². The summed E-state index contributed by atoms with van der Waals surface area (Å²) in [5, 5.41) is 4.42. The first-order valence-electron chi connectivity index (χ1n) is 7.51. The van der Waals surface area contributed by atoms with E-state index in [1.807, 2.05) is 0 Å². The molecule has 2 atom stereocenters. The van der Waals surface area contributed by atoms with E-state index in [4.69, 9.17) is 4.74 Å². The van der Waals surface area contributed by atoms with Crippen LogP contribution >= 0.6 is 11.3 Å². The van der Waals surface area contributed by atoms with Gasteiger partial charge in [-0.1, -0.05) is 36.4 Å². The molecule has 2 nitrogen and oxygen atoms in total. The second-order valence-electron chi connectivity index (χ2n) is 5.82. The predicted molar refractivity (Wildman–Crippen MR) is 87.3 cm³/mol. The van der Waals surface area contributed by atoms with Crippen LogP contribution in [0.25, 0.3) is 5.57 Å². The molecular formula is C18H19NOS. The van der Waals surface area contributed by atoms with E-state index in [0.717, 1.165) is 26.2 Å². The lowest BCUT2D eigenvalue weighted by Crippen LogP contribution is -2.53. The molecule has 1 fully saturated rings. The highest BCUT2D eigenvalue weighted by atomic mass is 32.1. The number of ether oxygens (including phenoxy) is 1. The lowest BCUT2D eigenvalue weighted by Gasteiger charge is -2.44. The number of thiophene rings is 1. The minimum Gasteiger partial charge on any atom is -0.378 e. The summed E-state index contributed by atoms with van der Waals surface area (Å²) in [6.45, 7) is 2.69. The highest BCUT2D eigenvalue weighted by molar-refractivity contribution is 7.08. The molecule has 1 aromatic carbocycles. The quantitative estimate of drug-likeness (QED) is 0.854. The molecule has 2 aromatic rings. The molecule has 3 heterocycles. The highest BCUT2D eigenvalue weighted by Gasteiger charge is 2.34. The predicted octanol–water partition coefficient (Wildman–Crippen LogP) is 3.80. The van der Waals surface area contributed by atoms with Gasteiger partial charge in [0.25, 0.3) is 0 Å². The van der Waals surface area contributed by atoms with E-state index in [1.165, 1.54) is 16.7 Å². The summed E-state index contributed by atoms with van der Waals surface area (Å²) < 4.78 is 5.79. The van der Waals surface area contributed by atoms with Gasteiger partial charge in [-0.15, -0.1) is 0 Å². The van der Waals surface area contributed by atoms with Crippen LogP contribution in [0, 0.1) is 0 Å². The summed E-state index contributed by atoms with van der Waals surface area (Å²) in [5.41, 5.74) is 4.29. The second-order valence-corrected chi connectivity index (χ2v) is 6.60. The standard InChI is InChI=1S/C18H19NOS/c1-2-4-14(5-3-1)10-19-17-8-16(15-6-7-21-13-15)9-18(19)12-20-11-17/h1-8,13,17-18H,9-12H2. The Morgan fingerprint density at radius 3 is 2.81 bits per heavy atom. The molecule has 0 saturated carbocycles. The van der Waals surface area contributed by atoms with Crippen molar-refractivity contribution < 1.29 is 4.74 Å². The summed E-state index contributed by atoms with van der Waals surface area (Å²) in [5.74, 6) is 0. The van der Waals surface area contributed by atoms with Crippen molar-refractivity contribution >= 4 is 16.9 Å². The molecule has 1 saturated heterocycles. The van der Waals surface area contributed by atoms with Crippen LogP contribution in [-0.4, -0.2) is 30.2 Å². The molecule has 21 heavy (non-hydrogen) atoms. The van der Waals surface area contributed by atoms with Gasteiger partial charge in [0.15, 0.2) is 0 Å². The average Bonchev–Trinajstić information content (AvgIpc) is 3.02. The van der Waals surface area contributed by atoms with Gasteiger partial charge < -0.3 is 4.74 Å². The van der Waals surface area contributed by atoms with Crippen molar-refractivity contribution in [2.24, 2.45) is 0 Å². The number of nitrogens with zero attached hydrogens (tertiary/aromatic N) is 1. The van der Waals surface area contributed by atoms with Gasteiger partial charge in [0, 0.05) is 12.6 Å². The number of morpholine rings is 1. The van der Waals surface area contributed by atoms with Crippen LogP contribution in [0.2, 0.25) is 0 Å². The van der Waals surface area contributed by atoms with Crippen molar-refractivity contribution in [2.45, 2.75) is 25.0 Å². The molecule has 2 unspecified atom stereocenters. The second kappa shape index (κ2) is 5.76. The number of hydrogen-bond donors (Lipinski definition) is 0. The molecule has 2 bridgehead atoms. The van der Waals surface area contributed by atoms with Crippen molar-refractivity contribution in [2.75, 3.05) is 13.2 Å². The van der Waals surface area contributed by atoms with E-state index >= 15 is 0 Å². The van der Waals surface area contributed by atoms with Gasteiger partial charge in [0.1, 0.15) is 0 Å². The van der Waals surface area contributed by atoms with Gasteiger partial charge in [-0.25, -0.2) is 0 Å². The van der Waals surface area contributed by atoms with Gasteiger partial charge in [0.05, 0.1) is 19.3 Å². The Morgan fingerprint density at radius 2 is 2.05 bits per heavy atom. The molecule has 1 aromatic heterocycles. The topological polar surface area (TPSA) is 12.5 Å². The van der Waals surface area contributed by atoms with E-state index in [0.29, 0.717) is 12.1 Å².